The predicted molar refractivity (Wildman–Crippen MR) is 65.7 cm³/mol. The fourth-order valence-electron chi connectivity index (χ4n) is 3.25. The first-order valence-electron chi connectivity index (χ1n) is 6.71. The molecular weight excluding hydrogens is 198 g/mol. The molecule has 2 heterocycles. The minimum atomic E-state index is 0.666. The van der Waals surface area contributed by atoms with E-state index >= 15 is 0 Å². The van der Waals surface area contributed by atoms with Crippen LogP contribution in [0.5, 0.6) is 0 Å². The van der Waals surface area contributed by atoms with Crippen molar-refractivity contribution in [1.29, 1.82) is 0 Å². The number of anilines is 1. The zero-order chi connectivity index (χ0) is 11.0. The van der Waals surface area contributed by atoms with Crippen LogP contribution in [-0.2, 0) is 6.42 Å². The topological polar surface area (TPSA) is 29.9 Å². The SMILES string of the molecule is CCc1cc2n(n1)C(C1CCCC1)CCN2. The highest BCUT2D eigenvalue weighted by molar-refractivity contribution is 5.39. The molecule has 16 heavy (non-hydrogen) atoms. The summed E-state index contributed by atoms with van der Waals surface area (Å²) in [5.41, 5.74) is 1.23. The zero-order valence-electron chi connectivity index (χ0n) is 10.1. The number of rotatable bonds is 2. The van der Waals surface area contributed by atoms with Crippen LogP contribution in [0.15, 0.2) is 6.07 Å². The highest BCUT2D eigenvalue weighted by atomic mass is 15.4. The van der Waals surface area contributed by atoms with Crippen LogP contribution in [-0.4, -0.2) is 16.3 Å². The molecule has 1 unspecified atom stereocenters. The summed E-state index contributed by atoms with van der Waals surface area (Å²) in [5, 5.41) is 8.22. The first kappa shape index (κ1) is 10.2. The first-order chi connectivity index (χ1) is 7.88. The van der Waals surface area contributed by atoms with E-state index in [2.05, 4.69) is 23.0 Å². The van der Waals surface area contributed by atoms with Crippen LogP contribution >= 0.6 is 0 Å². The third-order valence-corrected chi connectivity index (χ3v) is 4.15. The van der Waals surface area contributed by atoms with Gasteiger partial charge in [0.25, 0.3) is 0 Å². The maximum Gasteiger partial charge on any atom is 0.124 e. The van der Waals surface area contributed by atoms with Crippen LogP contribution in [0.1, 0.15) is 50.8 Å². The molecule has 1 aromatic rings. The third-order valence-electron chi connectivity index (χ3n) is 4.15. The normalized spacial score (nSPS) is 25.4. The van der Waals surface area contributed by atoms with Crippen molar-refractivity contribution in [2.75, 3.05) is 11.9 Å². The maximum atomic E-state index is 4.75. The molecule has 3 nitrogen and oxygen atoms in total. The van der Waals surface area contributed by atoms with E-state index in [0.717, 1.165) is 18.9 Å². The number of hydrogen-bond donors (Lipinski definition) is 1. The first-order valence-corrected chi connectivity index (χ1v) is 6.71. The average Bonchev–Trinajstić information content (AvgIpc) is 2.97. The van der Waals surface area contributed by atoms with Gasteiger partial charge in [0.05, 0.1) is 11.7 Å². The van der Waals surface area contributed by atoms with Crippen molar-refractivity contribution < 1.29 is 0 Å². The summed E-state index contributed by atoms with van der Waals surface area (Å²) in [5.74, 6) is 2.13. The van der Waals surface area contributed by atoms with Gasteiger partial charge in [-0.3, -0.25) is 0 Å². The van der Waals surface area contributed by atoms with Gasteiger partial charge in [0.15, 0.2) is 0 Å². The van der Waals surface area contributed by atoms with Gasteiger partial charge in [-0.05, 0) is 31.6 Å². The maximum absolute atomic E-state index is 4.75. The van der Waals surface area contributed by atoms with Crippen LogP contribution in [0.2, 0.25) is 0 Å². The molecule has 1 fully saturated rings. The monoisotopic (exact) mass is 219 g/mol. The molecule has 0 aromatic carbocycles. The van der Waals surface area contributed by atoms with E-state index in [1.807, 2.05) is 0 Å². The van der Waals surface area contributed by atoms with E-state index in [0.29, 0.717) is 6.04 Å². The second kappa shape index (κ2) is 4.11. The number of fused-ring (bicyclic) bond motifs is 1. The van der Waals surface area contributed by atoms with E-state index in [9.17, 15) is 0 Å². The van der Waals surface area contributed by atoms with Gasteiger partial charge in [0.2, 0.25) is 0 Å². The molecule has 88 valence electrons. The molecule has 1 aliphatic heterocycles. The number of nitrogens with one attached hydrogen (secondary N) is 1. The lowest BCUT2D eigenvalue weighted by molar-refractivity contribution is 0.289. The van der Waals surface area contributed by atoms with E-state index in [1.165, 1.54) is 43.6 Å². The van der Waals surface area contributed by atoms with Gasteiger partial charge in [-0.15, -0.1) is 0 Å². The molecule has 1 saturated carbocycles. The number of aryl methyl sites for hydroxylation is 1. The van der Waals surface area contributed by atoms with Gasteiger partial charge in [-0.1, -0.05) is 19.8 Å². The van der Waals surface area contributed by atoms with Gasteiger partial charge in [0.1, 0.15) is 5.82 Å². The molecule has 3 heteroatoms. The average molecular weight is 219 g/mol. The molecule has 0 radical (unpaired) electrons. The Balaban J connectivity index is 1.89. The van der Waals surface area contributed by atoms with E-state index in [1.54, 1.807) is 0 Å². The fraction of sp³-hybridized carbons (Fsp3) is 0.769. The highest BCUT2D eigenvalue weighted by Gasteiger charge is 2.30. The van der Waals surface area contributed by atoms with Crippen LogP contribution < -0.4 is 5.32 Å². The standard InChI is InChI=1S/C13H21N3/c1-2-11-9-13-14-8-7-12(16(13)15-11)10-5-3-4-6-10/h9-10,12,14H,2-8H2,1H3. The highest BCUT2D eigenvalue weighted by Crippen LogP contribution is 2.39. The van der Waals surface area contributed by atoms with E-state index < -0.39 is 0 Å². The predicted octanol–water partition coefficient (Wildman–Crippen LogP) is 2.99. The minimum absolute atomic E-state index is 0.666. The lowest BCUT2D eigenvalue weighted by atomic mass is 9.94. The van der Waals surface area contributed by atoms with Gasteiger partial charge >= 0.3 is 0 Å². The fourth-order valence-corrected chi connectivity index (χ4v) is 3.25. The molecule has 1 N–H and O–H groups in total. The van der Waals surface area contributed by atoms with Crippen LogP contribution in [0.3, 0.4) is 0 Å². The molecule has 0 saturated heterocycles. The van der Waals surface area contributed by atoms with Gasteiger partial charge in [0, 0.05) is 12.6 Å². The largest absolute Gasteiger partial charge is 0.370 e. The molecule has 1 atom stereocenters. The van der Waals surface area contributed by atoms with E-state index in [4.69, 9.17) is 5.10 Å². The van der Waals surface area contributed by atoms with Crippen LogP contribution in [0.4, 0.5) is 5.82 Å². The molecular formula is C13H21N3. The smallest absolute Gasteiger partial charge is 0.124 e. The van der Waals surface area contributed by atoms with Crippen molar-refractivity contribution in [3.8, 4) is 0 Å². The Kier molecular flexibility index (Phi) is 2.62. The number of aromatic nitrogens is 2. The Morgan fingerprint density at radius 3 is 2.94 bits per heavy atom. The summed E-state index contributed by atoms with van der Waals surface area (Å²) in [7, 11) is 0. The molecule has 0 amide bonds. The molecule has 2 aliphatic rings. The van der Waals surface area contributed by atoms with Crippen LogP contribution in [0, 0.1) is 5.92 Å². The van der Waals surface area contributed by atoms with Crippen molar-refractivity contribution in [1.82, 2.24) is 9.78 Å². The summed E-state index contributed by atoms with van der Waals surface area (Å²) in [4.78, 5) is 0. The lowest BCUT2D eigenvalue weighted by Crippen LogP contribution is -2.28. The Hall–Kier alpha value is -0.990. The van der Waals surface area contributed by atoms with Crippen molar-refractivity contribution >= 4 is 5.82 Å². The Labute approximate surface area is 97.2 Å². The molecule has 3 rings (SSSR count). The lowest BCUT2D eigenvalue weighted by Gasteiger charge is -2.30. The molecule has 1 aliphatic carbocycles. The second-order valence-electron chi connectivity index (χ2n) is 5.15. The number of hydrogen-bond acceptors (Lipinski definition) is 2. The number of nitrogens with zero attached hydrogens (tertiary/aromatic N) is 2. The summed E-state index contributed by atoms with van der Waals surface area (Å²) in [6, 6.07) is 2.89. The van der Waals surface area contributed by atoms with Crippen molar-refractivity contribution in [2.45, 2.75) is 51.5 Å². The van der Waals surface area contributed by atoms with Crippen molar-refractivity contribution in [3.63, 3.8) is 0 Å². The zero-order valence-corrected chi connectivity index (χ0v) is 10.1. The molecule has 1 aromatic heterocycles. The second-order valence-corrected chi connectivity index (χ2v) is 5.15. The summed E-state index contributed by atoms with van der Waals surface area (Å²) >= 11 is 0. The Morgan fingerprint density at radius 2 is 2.19 bits per heavy atom. The van der Waals surface area contributed by atoms with Gasteiger partial charge < -0.3 is 5.32 Å². The van der Waals surface area contributed by atoms with Gasteiger partial charge in [-0.25, -0.2) is 4.68 Å². The summed E-state index contributed by atoms with van der Waals surface area (Å²) in [6.07, 6.45) is 7.95. The minimum Gasteiger partial charge on any atom is -0.370 e. The summed E-state index contributed by atoms with van der Waals surface area (Å²) in [6.45, 7) is 3.30. The third kappa shape index (κ3) is 1.62. The van der Waals surface area contributed by atoms with Gasteiger partial charge in [-0.2, -0.15) is 5.10 Å². The Morgan fingerprint density at radius 1 is 1.38 bits per heavy atom. The Bertz CT molecular complexity index is 363. The van der Waals surface area contributed by atoms with E-state index in [-0.39, 0.29) is 0 Å². The van der Waals surface area contributed by atoms with Crippen molar-refractivity contribution in [3.05, 3.63) is 11.8 Å². The molecule has 0 bridgehead atoms. The quantitative estimate of drug-likeness (QED) is 0.828. The van der Waals surface area contributed by atoms with Crippen LogP contribution in [0.25, 0.3) is 0 Å². The van der Waals surface area contributed by atoms with Crippen molar-refractivity contribution in [2.24, 2.45) is 5.92 Å². The molecule has 0 spiro atoms. The summed E-state index contributed by atoms with van der Waals surface area (Å²) < 4.78 is 2.28.